The maximum Gasteiger partial charge on any atom is 0.0868 e. The summed E-state index contributed by atoms with van der Waals surface area (Å²) in [5.41, 5.74) is 1.52. The van der Waals surface area contributed by atoms with E-state index >= 15 is 0 Å². The number of benzene rings is 2. The highest BCUT2D eigenvalue weighted by Crippen LogP contribution is 2.26. The Morgan fingerprint density at radius 2 is 1.88 bits per heavy atom. The lowest BCUT2D eigenvalue weighted by molar-refractivity contribution is 0.0443. The molecule has 0 amide bonds. The lowest BCUT2D eigenvalue weighted by Gasteiger charge is -2.24. The third kappa shape index (κ3) is 4.90. The van der Waals surface area contributed by atoms with Crippen molar-refractivity contribution in [2.24, 2.45) is 0 Å². The van der Waals surface area contributed by atoms with Crippen LogP contribution in [0.4, 0.5) is 0 Å². The second kappa shape index (κ2) is 8.43. The Hall–Kier alpha value is -2.23. The van der Waals surface area contributed by atoms with Gasteiger partial charge >= 0.3 is 0 Å². The Morgan fingerprint density at radius 1 is 1.08 bits per heavy atom. The van der Waals surface area contributed by atoms with Crippen molar-refractivity contribution < 1.29 is 5.11 Å². The second-order valence-electron chi connectivity index (χ2n) is 7.37. The zero-order chi connectivity index (χ0) is 18.4. The Kier molecular flexibility index (Phi) is 6.02. The lowest BCUT2D eigenvalue weighted by atomic mass is 9.90. The van der Waals surface area contributed by atoms with Crippen molar-refractivity contribution in [3.8, 4) is 0 Å². The number of pyridine rings is 1. The molecule has 0 aliphatic carbocycles. The van der Waals surface area contributed by atoms with Crippen LogP contribution in [0, 0.1) is 0 Å². The minimum atomic E-state index is -0.757. The average Bonchev–Trinajstić information content (AvgIpc) is 2.67. The summed E-state index contributed by atoms with van der Waals surface area (Å²) < 4.78 is 0. The third-order valence-electron chi connectivity index (χ3n) is 5.06. The van der Waals surface area contributed by atoms with E-state index in [9.17, 15) is 5.11 Å². The Morgan fingerprint density at radius 3 is 2.69 bits per heavy atom. The van der Waals surface area contributed by atoms with E-state index in [0.717, 1.165) is 31.4 Å². The summed E-state index contributed by atoms with van der Waals surface area (Å²) in [4.78, 5) is 4.16. The molecule has 1 aromatic heterocycles. The van der Waals surface area contributed by atoms with E-state index in [1.165, 1.54) is 16.3 Å². The van der Waals surface area contributed by atoms with Gasteiger partial charge in [-0.1, -0.05) is 42.5 Å². The van der Waals surface area contributed by atoms with Crippen molar-refractivity contribution in [1.29, 1.82) is 0 Å². The summed E-state index contributed by atoms with van der Waals surface area (Å²) >= 11 is 0. The van der Waals surface area contributed by atoms with Crippen LogP contribution >= 0.6 is 0 Å². The van der Waals surface area contributed by atoms with Gasteiger partial charge in [-0.3, -0.25) is 4.98 Å². The van der Waals surface area contributed by atoms with Crippen LogP contribution in [0.1, 0.15) is 44.2 Å². The van der Waals surface area contributed by atoms with Gasteiger partial charge in [-0.2, -0.15) is 0 Å². The summed E-state index contributed by atoms with van der Waals surface area (Å²) in [6.07, 6.45) is 6.53. The van der Waals surface area contributed by atoms with Crippen LogP contribution in [0.5, 0.6) is 0 Å². The van der Waals surface area contributed by atoms with Crippen LogP contribution < -0.4 is 5.32 Å². The molecule has 0 radical (unpaired) electrons. The maximum atomic E-state index is 10.7. The van der Waals surface area contributed by atoms with Gasteiger partial charge in [0.25, 0.3) is 0 Å². The molecule has 2 atom stereocenters. The first-order valence-corrected chi connectivity index (χ1v) is 9.38. The first-order valence-electron chi connectivity index (χ1n) is 9.38. The summed E-state index contributed by atoms with van der Waals surface area (Å²) in [5.74, 6) is 0. The van der Waals surface area contributed by atoms with Crippen molar-refractivity contribution in [3.63, 3.8) is 0 Å². The molecule has 0 saturated heterocycles. The Bertz CT molecular complexity index is 830. The molecule has 2 N–H and O–H groups in total. The van der Waals surface area contributed by atoms with Crippen molar-refractivity contribution in [2.75, 3.05) is 0 Å². The molecule has 3 heteroatoms. The highest BCUT2D eigenvalue weighted by molar-refractivity contribution is 5.81. The zero-order valence-electron chi connectivity index (χ0n) is 15.7. The van der Waals surface area contributed by atoms with Gasteiger partial charge in [0.15, 0.2) is 0 Å². The van der Waals surface area contributed by atoms with Crippen LogP contribution in [0.3, 0.4) is 0 Å². The molecule has 3 rings (SSSR count). The number of hydrogen-bond acceptors (Lipinski definition) is 3. The molecule has 3 nitrogen and oxygen atoms in total. The number of aromatic nitrogens is 1. The lowest BCUT2D eigenvalue weighted by Crippen LogP contribution is -2.27. The number of aliphatic hydroxyl groups is 1. The predicted octanol–water partition coefficient (Wildman–Crippen LogP) is 4.79. The summed E-state index contributed by atoms with van der Waals surface area (Å²) in [6, 6.07) is 18.9. The number of fused-ring (bicyclic) bond motifs is 1. The van der Waals surface area contributed by atoms with Crippen molar-refractivity contribution >= 4 is 10.8 Å². The highest BCUT2D eigenvalue weighted by atomic mass is 16.3. The molecule has 0 unspecified atom stereocenters. The van der Waals surface area contributed by atoms with Crippen LogP contribution in [-0.4, -0.2) is 16.1 Å². The SMILES string of the molecule is C[C@H](CCC[C@@](C)(O)c1ccccc1)NCc1ccc2cnccc2c1. The van der Waals surface area contributed by atoms with Gasteiger partial charge in [0.2, 0.25) is 0 Å². The molecule has 2 aromatic carbocycles. The first kappa shape index (κ1) is 18.6. The van der Waals surface area contributed by atoms with Crippen molar-refractivity contribution in [2.45, 2.75) is 51.3 Å². The van der Waals surface area contributed by atoms with Gasteiger partial charge in [0.1, 0.15) is 0 Å². The third-order valence-corrected chi connectivity index (χ3v) is 5.06. The van der Waals surface area contributed by atoms with Gasteiger partial charge in [-0.15, -0.1) is 0 Å². The van der Waals surface area contributed by atoms with E-state index in [1.54, 1.807) is 0 Å². The fraction of sp³-hybridized carbons (Fsp3) is 0.348. The highest BCUT2D eigenvalue weighted by Gasteiger charge is 2.22. The topological polar surface area (TPSA) is 45.1 Å². The van der Waals surface area contributed by atoms with Gasteiger partial charge in [-0.25, -0.2) is 0 Å². The van der Waals surface area contributed by atoms with Gasteiger partial charge in [0, 0.05) is 30.4 Å². The molecule has 0 aliphatic rings. The smallest absolute Gasteiger partial charge is 0.0868 e. The fourth-order valence-corrected chi connectivity index (χ4v) is 3.33. The quantitative estimate of drug-likeness (QED) is 0.615. The fourth-order valence-electron chi connectivity index (χ4n) is 3.33. The Balaban J connectivity index is 1.46. The molecule has 26 heavy (non-hydrogen) atoms. The number of nitrogens with one attached hydrogen (secondary N) is 1. The van der Waals surface area contributed by atoms with E-state index in [4.69, 9.17) is 0 Å². The first-order chi connectivity index (χ1) is 12.5. The molecule has 0 bridgehead atoms. The molecular weight excluding hydrogens is 320 g/mol. The molecule has 1 heterocycles. The predicted molar refractivity (Wildman–Crippen MR) is 108 cm³/mol. The van der Waals surface area contributed by atoms with Gasteiger partial charge < -0.3 is 10.4 Å². The largest absolute Gasteiger partial charge is 0.385 e. The average molecular weight is 348 g/mol. The zero-order valence-corrected chi connectivity index (χ0v) is 15.7. The summed E-state index contributed by atoms with van der Waals surface area (Å²) in [7, 11) is 0. The van der Waals surface area contributed by atoms with Crippen LogP contribution in [0.25, 0.3) is 10.8 Å². The van der Waals surface area contributed by atoms with Crippen molar-refractivity contribution in [3.05, 3.63) is 78.1 Å². The van der Waals surface area contributed by atoms with Crippen LogP contribution in [-0.2, 0) is 12.1 Å². The minimum Gasteiger partial charge on any atom is -0.385 e. The minimum absolute atomic E-state index is 0.412. The molecule has 0 spiro atoms. The summed E-state index contributed by atoms with van der Waals surface area (Å²) in [5, 5.41) is 16.7. The van der Waals surface area contributed by atoms with E-state index in [1.807, 2.05) is 55.7 Å². The number of hydrogen-bond donors (Lipinski definition) is 2. The molecule has 0 fully saturated rings. The van der Waals surface area contributed by atoms with E-state index < -0.39 is 5.60 Å². The normalized spacial score (nSPS) is 14.9. The molecular formula is C23H28N2O. The van der Waals surface area contributed by atoms with E-state index in [-0.39, 0.29) is 0 Å². The number of rotatable bonds is 8. The standard InChI is InChI=1S/C23H28N2O/c1-18(7-6-13-23(2,26)22-8-4-3-5-9-22)25-16-19-10-11-21-17-24-14-12-20(21)15-19/h3-5,8-12,14-15,17-18,25-26H,6-7,13,16H2,1-2H3/t18-,23-/m1/s1. The Labute approximate surface area is 156 Å². The summed E-state index contributed by atoms with van der Waals surface area (Å²) in [6.45, 7) is 4.97. The monoisotopic (exact) mass is 348 g/mol. The van der Waals surface area contributed by atoms with Gasteiger partial charge in [0.05, 0.1) is 5.60 Å². The van der Waals surface area contributed by atoms with E-state index in [2.05, 4.69) is 35.4 Å². The van der Waals surface area contributed by atoms with Gasteiger partial charge in [-0.05, 0) is 61.8 Å². The molecule has 0 saturated carbocycles. The molecule has 136 valence electrons. The van der Waals surface area contributed by atoms with Crippen LogP contribution in [0.15, 0.2) is 67.0 Å². The number of nitrogens with zero attached hydrogens (tertiary/aromatic N) is 1. The molecule has 3 aromatic rings. The second-order valence-corrected chi connectivity index (χ2v) is 7.37. The van der Waals surface area contributed by atoms with E-state index in [0.29, 0.717) is 6.04 Å². The maximum absolute atomic E-state index is 10.7. The van der Waals surface area contributed by atoms with Crippen LogP contribution in [0.2, 0.25) is 0 Å². The van der Waals surface area contributed by atoms with Crippen molar-refractivity contribution in [1.82, 2.24) is 10.3 Å². The molecule has 0 aliphatic heterocycles.